The van der Waals surface area contributed by atoms with Crippen LogP contribution in [0.2, 0.25) is 0 Å². The highest BCUT2D eigenvalue weighted by Gasteiger charge is 1.92. The third kappa shape index (κ3) is 4.32. The molecule has 1 rings (SSSR count). The van der Waals surface area contributed by atoms with Crippen LogP contribution in [-0.2, 0) is 0 Å². The number of hydrogen-bond donors (Lipinski definition) is 0. The molecule has 0 fully saturated rings. The number of halogens is 1. The number of hydrogen-bond acceptors (Lipinski definition) is 1. The second-order valence-electron chi connectivity index (χ2n) is 3.01. The van der Waals surface area contributed by atoms with Gasteiger partial charge in [-0.2, -0.15) is 0 Å². The summed E-state index contributed by atoms with van der Waals surface area (Å²) in [6, 6.07) is 7.95. The molecule has 0 amide bonds. The van der Waals surface area contributed by atoms with Crippen LogP contribution < -0.4 is 4.74 Å². The molecule has 0 N–H and O–H groups in total. The smallest absolute Gasteiger partial charge is 0.119 e. The molecule has 0 aliphatic carbocycles. The fourth-order valence-corrected chi connectivity index (χ4v) is 1.34. The van der Waals surface area contributed by atoms with Gasteiger partial charge in [-0.3, -0.25) is 0 Å². The zero-order valence-electron chi connectivity index (χ0n) is 7.92. The second kappa shape index (κ2) is 6.03. The highest BCUT2D eigenvalue weighted by atomic mass is 79.9. The van der Waals surface area contributed by atoms with Crippen LogP contribution in [0, 0.1) is 0 Å². The minimum atomic E-state index is 0.829. The third-order valence-electron chi connectivity index (χ3n) is 1.83. The highest BCUT2D eigenvalue weighted by Crippen LogP contribution is 2.16. The lowest BCUT2D eigenvalue weighted by molar-refractivity contribution is 0.306. The van der Waals surface area contributed by atoms with Crippen LogP contribution in [0.25, 0.3) is 0 Å². The summed E-state index contributed by atoms with van der Waals surface area (Å²) in [5.41, 5.74) is 0. The van der Waals surface area contributed by atoms with Crippen LogP contribution in [0.1, 0.15) is 26.2 Å². The van der Waals surface area contributed by atoms with E-state index in [1.54, 1.807) is 0 Å². The molecule has 0 saturated heterocycles. The molecule has 0 aliphatic heterocycles. The summed E-state index contributed by atoms with van der Waals surface area (Å²) < 4.78 is 6.63. The standard InChI is InChI=1S/C11H15BrO/c1-2-3-4-9-13-11-7-5-10(12)6-8-11/h5-8H,2-4,9H2,1H3. The molecule has 0 aliphatic rings. The molecule has 1 aromatic rings. The van der Waals surface area contributed by atoms with E-state index in [-0.39, 0.29) is 0 Å². The molecule has 0 unspecified atom stereocenters. The molecule has 0 heterocycles. The SMILES string of the molecule is CCCCCOc1ccc(Br)cc1. The zero-order valence-corrected chi connectivity index (χ0v) is 9.51. The van der Waals surface area contributed by atoms with Gasteiger partial charge in [0.2, 0.25) is 0 Å². The molecule has 0 radical (unpaired) electrons. The largest absolute Gasteiger partial charge is 0.494 e. The average Bonchev–Trinajstić information content (AvgIpc) is 2.15. The Bertz CT molecular complexity index is 230. The van der Waals surface area contributed by atoms with E-state index in [9.17, 15) is 0 Å². The predicted molar refractivity (Wildman–Crippen MR) is 59.2 cm³/mol. The van der Waals surface area contributed by atoms with Gasteiger partial charge in [-0.15, -0.1) is 0 Å². The first-order valence-electron chi connectivity index (χ1n) is 4.71. The van der Waals surface area contributed by atoms with Crippen LogP contribution in [0.15, 0.2) is 28.7 Å². The predicted octanol–water partition coefficient (Wildman–Crippen LogP) is 4.02. The fraction of sp³-hybridized carbons (Fsp3) is 0.455. The van der Waals surface area contributed by atoms with Gasteiger partial charge in [-0.05, 0) is 30.7 Å². The minimum Gasteiger partial charge on any atom is -0.494 e. The van der Waals surface area contributed by atoms with Crippen molar-refractivity contribution in [2.45, 2.75) is 26.2 Å². The topological polar surface area (TPSA) is 9.23 Å². The molecule has 1 nitrogen and oxygen atoms in total. The summed E-state index contributed by atoms with van der Waals surface area (Å²) in [5, 5.41) is 0. The number of benzene rings is 1. The molecule has 0 bridgehead atoms. The van der Waals surface area contributed by atoms with Crippen molar-refractivity contribution < 1.29 is 4.74 Å². The maximum Gasteiger partial charge on any atom is 0.119 e. The van der Waals surface area contributed by atoms with Gasteiger partial charge in [0.15, 0.2) is 0 Å². The molecule has 0 spiro atoms. The van der Waals surface area contributed by atoms with Crippen LogP contribution >= 0.6 is 15.9 Å². The monoisotopic (exact) mass is 242 g/mol. The molecule has 0 saturated carbocycles. The number of ether oxygens (including phenoxy) is 1. The highest BCUT2D eigenvalue weighted by molar-refractivity contribution is 9.10. The summed E-state index contributed by atoms with van der Waals surface area (Å²) >= 11 is 3.38. The third-order valence-corrected chi connectivity index (χ3v) is 2.36. The van der Waals surface area contributed by atoms with Crippen LogP contribution in [0.3, 0.4) is 0 Å². The summed E-state index contributed by atoms with van der Waals surface area (Å²) in [4.78, 5) is 0. The molecule has 0 aromatic heterocycles. The molecule has 2 heteroatoms. The van der Waals surface area contributed by atoms with Gasteiger partial charge in [0, 0.05) is 4.47 Å². The van der Waals surface area contributed by atoms with E-state index in [1.165, 1.54) is 12.8 Å². The Morgan fingerprint density at radius 2 is 1.85 bits per heavy atom. The molecule has 1 aromatic carbocycles. The maximum absolute atomic E-state index is 5.54. The molecular weight excluding hydrogens is 228 g/mol. The number of unbranched alkanes of at least 4 members (excludes halogenated alkanes) is 2. The van der Waals surface area contributed by atoms with Gasteiger partial charge >= 0.3 is 0 Å². The van der Waals surface area contributed by atoms with Crippen molar-refractivity contribution in [3.05, 3.63) is 28.7 Å². The molecule has 0 atom stereocenters. The van der Waals surface area contributed by atoms with Crippen molar-refractivity contribution in [3.63, 3.8) is 0 Å². The van der Waals surface area contributed by atoms with Gasteiger partial charge in [0.25, 0.3) is 0 Å². The zero-order chi connectivity index (χ0) is 9.52. The Hall–Kier alpha value is -0.500. The first-order chi connectivity index (χ1) is 6.33. The van der Waals surface area contributed by atoms with Crippen molar-refractivity contribution in [1.29, 1.82) is 0 Å². The Morgan fingerprint density at radius 1 is 1.15 bits per heavy atom. The van der Waals surface area contributed by atoms with Crippen molar-refractivity contribution in [3.8, 4) is 5.75 Å². The normalized spacial score (nSPS) is 10.0. The summed E-state index contributed by atoms with van der Waals surface area (Å²) in [6.45, 7) is 3.02. The molecule has 13 heavy (non-hydrogen) atoms. The van der Waals surface area contributed by atoms with E-state index in [2.05, 4.69) is 22.9 Å². The van der Waals surface area contributed by atoms with Crippen molar-refractivity contribution in [2.24, 2.45) is 0 Å². The first-order valence-corrected chi connectivity index (χ1v) is 5.50. The van der Waals surface area contributed by atoms with E-state index >= 15 is 0 Å². The lowest BCUT2D eigenvalue weighted by Gasteiger charge is -2.04. The Kier molecular flexibility index (Phi) is 4.91. The lowest BCUT2D eigenvalue weighted by atomic mass is 10.3. The summed E-state index contributed by atoms with van der Waals surface area (Å²) in [5.74, 6) is 0.958. The van der Waals surface area contributed by atoms with Crippen LogP contribution in [-0.4, -0.2) is 6.61 Å². The van der Waals surface area contributed by atoms with E-state index < -0.39 is 0 Å². The first kappa shape index (κ1) is 10.6. The van der Waals surface area contributed by atoms with Crippen molar-refractivity contribution >= 4 is 15.9 Å². The minimum absolute atomic E-state index is 0.829. The van der Waals surface area contributed by atoms with Gasteiger partial charge in [-0.1, -0.05) is 35.7 Å². The summed E-state index contributed by atoms with van der Waals surface area (Å²) in [7, 11) is 0. The molecular formula is C11H15BrO. The number of rotatable bonds is 5. The van der Waals surface area contributed by atoms with Gasteiger partial charge in [0.1, 0.15) is 5.75 Å². The second-order valence-corrected chi connectivity index (χ2v) is 3.93. The van der Waals surface area contributed by atoms with Gasteiger partial charge < -0.3 is 4.74 Å². The average molecular weight is 243 g/mol. The van der Waals surface area contributed by atoms with Crippen molar-refractivity contribution in [2.75, 3.05) is 6.61 Å². The summed E-state index contributed by atoms with van der Waals surface area (Å²) in [6.07, 6.45) is 3.63. The van der Waals surface area contributed by atoms with Crippen molar-refractivity contribution in [1.82, 2.24) is 0 Å². The van der Waals surface area contributed by atoms with Gasteiger partial charge in [0.05, 0.1) is 6.61 Å². The molecule has 72 valence electrons. The van der Waals surface area contributed by atoms with E-state index in [4.69, 9.17) is 4.74 Å². The quantitative estimate of drug-likeness (QED) is 0.710. The Morgan fingerprint density at radius 3 is 2.46 bits per heavy atom. The van der Waals surface area contributed by atoms with Crippen LogP contribution in [0.4, 0.5) is 0 Å². The van der Waals surface area contributed by atoms with E-state index in [0.717, 1.165) is 23.2 Å². The Labute approximate surface area is 88.2 Å². The Balaban J connectivity index is 2.25. The van der Waals surface area contributed by atoms with Crippen LogP contribution in [0.5, 0.6) is 5.75 Å². The fourth-order valence-electron chi connectivity index (χ4n) is 1.07. The van der Waals surface area contributed by atoms with Gasteiger partial charge in [-0.25, -0.2) is 0 Å². The van der Waals surface area contributed by atoms with E-state index in [1.807, 2.05) is 24.3 Å². The maximum atomic E-state index is 5.54. The van der Waals surface area contributed by atoms with E-state index in [0.29, 0.717) is 0 Å². The lowest BCUT2D eigenvalue weighted by Crippen LogP contribution is -1.96.